The van der Waals surface area contributed by atoms with Gasteiger partial charge in [-0.1, -0.05) is 18.2 Å². The number of fused-ring (bicyclic) bond motifs is 1. The average molecular weight is 356 g/mol. The number of hydrogen-bond donors (Lipinski definition) is 1. The number of nitrogens with one attached hydrogen (secondary N) is 1. The second-order valence-corrected chi connectivity index (χ2v) is 5.87. The van der Waals surface area contributed by atoms with Crippen LogP contribution in [0, 0.1) is 10.1 Å². The van der Waals surface area contributed by atoms with E-state index in [1.807, 2.05) is 19.9 Å². The Morgan fingerprint density at radius 2 is 1.77 bits per heavy atom. The number of nitro benzene ring substituents is 1. The minimum Gasteiger partial charge on any atom is -0.490 e. The molecule has 0 unspecified atom stereocenters. The van der Waals surface area contributed by atoms with E-state index in [0.29, 0.717) is 36.0 Å². The van der Waals surface area contributed by atoms with Crippen LogP contribution in [0.4, 0.5) is 11.4 Å². The van der Waals surface area contributed by atoms with Gasteiger partial charge in [0.2, 0.25) is 5.91 Å². The quantitative estimate of drug-likeness (QED) is 0.627. The first-order chi connectivity index (χ1) is 12.5. The lowest BCUT2D eigenvalue weighted by Crippen LogP contribution is -2.24. The Labute approximate surface area is 151 Å². The Kier molecular flexibility index (Phi) is 5.06. The van der Waals surface area contributed by atoms with Gasteiger partial charge < -0.3 is 14.8 Å². The highest BCUT2D eigenvalue weighted by molar-refractivity contribution is 5.96. The van der Waals surface area contributed by atoms with Crippen molar-refractivity contribution < 1.29 is 19.2 Å². The van der Waals surface area contributed by atoms with E-state index in [2.05, 4.69) is 5.32 Å². The molecule has 0 aromatic heterocycles. The molecule has 0 radical (unpaired) electrons. The molecule has 3 rings (SSSR count). The van der Waals surface area contributed by atoms with Crippen molar-refractivity contribution in [3.8, 4) is 11.5 Å². The summed E-state index contributed by atoms with van der Waals surface area (Å²) in [6.45, 7) is 4.65. The maximum absolute atomic E-state index is 12.2. The molecule has 7 nitrogen and oxygen atoms in total. The SMILES string of the molecule is CCOc1cc2c(cc1OCC)[C@@H](c1ccccc1[N+](=O)[O-])CC(=O)N2. The third kappa shape index (κ3) is 3.33. The molecule has 1 aliphatic rings. The first kappa shape index (κ1) is 17.7. The maximum Gasteiger partial charge on any atom is 0.273 e. The van der Waals surface area contributed by atoms with Crippen LogP contribution >= 0.6 is 0 Å². The van der Waals surface area contributed by atoms with Crippen LogP contribution in [0.1, 0.15) is 37.3 Å². The molecule has 0 saturated carbocycles. The van der Waals surface area contributed by atoms with Gasteiger partial charge in [0.25, 0.3) is 5.69 Å². The van der Waals surface area contributed by atoms with Gasteiger partial charge in [0.15, 0.2) is 11.5 Å². The predicted molar refractivity (Wildman–Crippen MR) is 97.0 cm³/mol. The fourth-order valence-corrected chi connectivity index (χ4v) is 3.23. The minimum atomic E-state index is -0.421. The number of rotatable bonds is 6. The van der Waals surface area contributed by atoms with E-state index in [-0.39, 0.29) is 18.0 Å². The number of carbonyl (C=O) groups excluding carboxylic acids is 1. The summed E-state index contributed by atoms with van der Waals surface area (Å²) in [5.74, 6) is 0.493. The Bertz CT molecular complexity index is 850. The largest absolute Gasteiger partial charge is 0.490 e. The van der Waals surface area contributed by atoms with Crippen molar-refractivity contribution >= 4 is 17.3 Å². The van der Waals surface area contributed by atoms with Crippen LogP contribution in [0.25, 0.3) is 0 Å². The van der Waals surface area contributed by atoms with Gasteiger partial charge in [-0.15, -0.1) is 0 Å². The van der Waals surface area contributed by atoms with E-state index in [4.69, 9.17) is 9.47 Å². The van der Waals surface area contributed by atoms with Crippen molar-refractivity contribution in [2.45, 2.75) is 26.2 Å². The zero-order valence-corrected chi connectivity index (χ0v) is 14.7. The molecule has 0 bridgehead atoms. The fraction of sp³-hybridized carbons (Fsp3) is 0.316. The summed E-state index contributed by atoms with van der Waals surface area (Å²) in [5.41, 5.74) is 1.90. The van der Waals surface area contributed by atoms with Crippen molar-refractivity contribution in [2.24, 2.45) is 0 Å². The number of amides is 1. The summed E-state index contributed by atoms with van der Waals surface area (Å²) >= 11 is 0. The van der Waals surface area contributed by atoms with Crippen molar-refractivity contribution in [3.05, 3.63) is 57.6 Å². The Hall–Kier alpha value is -3.09. The molecule has 7 heteroatoms. The van der Waals surface area contributed by atoms with E-state index in [9.17, 15) is 14.9 Å². The molecule has 0 aliphatic carbocycles. The fourth-order valence-electron chi connectivity index (χ4n) is 3.23. The third-order valence-electron chi connectivity index (χ3n) is 4.26. The van der Waals surface area contributed by atoms with Crippen LogP contribution < -0.4 is 14.8 Å². The first-order valence-corrected chi connectivity index (χ1v) is 8.51. The number of hydrogen-bond acceptors (Lipinski definition) is 5. The zero-order chi connectivity index (χ0) is 18.7. The molecule has 26 heavy (non-hydrogen) atoms. The lowest BCUT2D eigenvalue weighted by atomic mass is 9.83. The molecule has 0 fully saturated rings. The molecule has 1 atom stereocenters. The molecule has 2 aromatic rings. The van der Waals surface area contributed by atoms with Gasteiger partial charge in [-0.3, -0.25) is 14.9 Å². The number of nitrogens with zero attached hydrogens (tertiary/aromatic N) is 1. The summed E-state index contributed by atoms with van der Waals surface area (Å²) in [4.78, 5) is 23.2. The Morgan fingerprint density at radius 1 is 1.12 bits per heavy atom. The molecule has 2 aromatic carbocycles. The molecule has 1 N–H and O–H groups in total. The predicted octanol–water partition coefficient (Wildman–Crippen LogP) is 3.87. The summed E-state index contributed by atoms with van der Waals surface area (Å²) < 4.78 is 11.3. The van der Waals surface area contributed by atoms with Gasteiger partial charge in [-0.2, -0.15) is 0 Å². The molecule has 0 saturated heterocycles. The summed E-state index contributed by atoms with van der Waals surface area (Å²) in [6.07, 6.45) is 0.136. The molecule has 1 heterocycles. The second-order valence-electron chi connectivity index (χ2n) is 5.87. The monoisotopic (exact) mass is 356 g/mol. The number of para-hydroxylation sites is 1. The van der Waals surface area contributed by atoms with Gasteiger partial charge in [-0.05, 0) is 25.5 Å². The molecular weight excluding hydrogens is 336 g/mol. The Morgan fingerprint density at radius 3 is 2.42 bits per heavy atom. The average Bonchev–Trinajstić information content (AvgIpc) is 2.62. The van der Waals surface area contributed by atoms with Gasteiger partial charge in [-0.25, -0.2) is 0 Å². The van der Waals surface area contributed by atoms with Crippen molar-refractivity contribution in [1.29, 1.82) is 0 Å². The second kappa shape index (κ2) is 7.43. The van der Waals surface area contributed by atoms with Gasteiger partial charge in [0.1, 0.15) is 0 Å². The van der Waals surface area contributed by atoms with Crippen LogP contribution in [0.15, 0.2) is 36.4 Å². The summed E-state index contributed by atoms with van der Waals surface area (Å²) in [5, 5.41) is 14.3. The molecule has 1 aliphatic heterocycles. The van der Waals surface area contributed by atoms with E-state index >= 15 is 0 Å². The highest BCUT2D eigenvalue weighted by Gasteiger charge is 2.32. The highest BCUT2D eigenvalue weighted by atomic mass is 16.6. The summed E-state index contributed by atoms with van der Waals surface area (Å²) in [6, 6.07) is 10.1. The molecule has 136 valence electrons. The number of anilines is 1. The molecular formula is C19H20N2O5. The van der Waals surface area contributed by atoms with Crippen LogP contribution in [-0.4, -0.2) is 24.0 Å². The Balaban J connectivity index is 2.16. The zero-order valence-electron chi connectivity index (χ0n) is 14.7. The van der Waals surface area contributed by atoms with E-state index in [0.717, 1.165) is 5.56 Å². The summed E-state index contributed by atoms with van der Waals surface area (Å²) in [7, 11) is 0. The van der Waals surface area contributed by atoms with Crippen LogP contribution in [0.3, 0.4) is 0 Å². The van der Waals surface area contributed by atoms with Crippen LogP contribution in [-0.2, 0) is 4.79 Å². The maximum atomic E-state index is 12.2. The number of ether oxygens (including phenoxy) is 2. The number of nitro groups is 1. The third-order valence-corrected chi connectivity index (χ3v) is 4.26. The van der Waals surface area contributed by atoms with Crippen molar-refractivity contribution in [1.82, 2.24) is 0 Å². The van der Waals surface area contributed by atoms with Gasteiger partial charge >= 0.3 is 0 Å². The molecule has 1 amide bonds. The number of benzene rings is 2. The van der Waals surface area contributed by atoms with Crippen LogP contribution in [0.2, 0.25) is 0 Å². The topological polar surface area (TPSA) is 90.7 Å². The van der Waals surface area contributed by atoms with Crippen molar-refractivity contribution in [2.75, 3.05) is 18.5 Å². The lowest BCUT2D eigenvalue weighted by molar-refractivity contribution is -0.385. The van der Waals surface area contributed by atoms with E-state index in [1.165, 1.54) is 6.07 Å². The number of carbonyl (C=O) groups is 1. The highest BCUT2D eigenvalue weighted by Crippen LogP contribution is 2.45. The first-order valence-electron chi connectivity index (χ1n) is 8.51. The normalized spacial score (nSPS) is 15.8. The van der Waals surface area contributed by atoms with E-state index in [1.54, 1.807) is 24.3 Å². The van der Waals surface area contributed by atoms with Gasteiger partial charge in [0, 0.05) is 35.7 Å². The van der Waals surface area contributed by atoms with Crippen molar-refractivity contribution in [3.63, 3.8) is 0 Å². The lowest BCUT2D eigenvalue weighted by Gasteiger charge is -2.27. The van der Waals surface area contributed by atoms with Gasteiger partial charge in [0.05, 0.1) is 18.1 Å². The molecule has 0 spiro atoms. The smallest absolute Gasteiger partial charge is 0.273 e. The minimum absolute atomic E-state index is 0.00462. The van der Waals surface area contributed by atoms with Crippen LogP contribution in [0.5, 0.6) is 11.5 Å². The van der Waals surface area contributed by atoms with E-state index < -0.39 is 10.8 Å². The standard InChI is InChI=1S/C19H20N2O5/c1-3-25-17-9-14-13(12-7-5-6-8-16(12)21(23)24)10-19(22)20-15(14)11-18(17)26-4-2/h5-9,11,13H,3-4,10H2,1-2H3,(H,20,22)/t13-/m1/s1.